The molecular weight excluding hydrogens is 254 g/mol. The van der Waals surface area contributed by atoms with Gasteiger partial charge >= 0.3 is 0 Å². The number of nitrogens with zero attached hydrogens (tertiary/aromatic N) is 5. The molecule has 0 bridgehead atoms. The minimum atomic E-state index is 0.125. The lowest BCUT2D eigenvalue weighted by atomic mass is 10.0. The molecular formula is C13H19N7. The Morgan fingerprint density at radius 3 is 2.85 bits per heavy atom. The summed E-state index contributed by atoms with van der Waals surface area (Å²) in [5, 5.41) is 17.7. The Morgan fingerprint density at radius 2 is 2.20 bits per heavy atom. The van der Waals surface area contributed by atoms with Crippen LogP contribution in [0, 0.1) is 0 Å². The highest BCUT2D eigenvalue weighted by molar-refractivity contribution is 5.38. The first kappa shape index (κ1) is 13.0. The van der Waals surface area contributed by atoms with Crippen LogP contribution in [-0.2, 0) is 0 Å². The van der Waals surface area contributed by atoms with E-state index in [0.717, 1.165) is 37.6 Å². The number of piperidine rings is 1. The largest absolute Gasteiger partial charge is 0.357 e. The summed E-state index contributed by atoms with van der Waals surface area (Å²) in [6, 6.07) is 6.66. The van der Waals surface area contributed by atoms with E-state index in [1.807, 2.05) is 18.3 Å². The van der Waals surface area contributed by atoms with Gasteiger partial charge in [-0.05, 0) is 31.9 Å². The van der Waals surface area contributed by atoms with Gasteiger partial charge in [-0.3, -0.25) is 0 Å². The lowest BCUT2D eigenvalue weighted by Crippen LogP contribution is -2.43. The Labute approximate surface area is 117 Å². The molecule has 1 aliphatic heterocycles. The molecule has 3 rings (SSSR count). The lowest BCUT2D eigenvalue weighted by Gasteiger charge is -2.34. The predicted molar refractivity (Wildman–Crippen MR) is 75.2 cm³/mol. The standard InChI is InChI=1S/C13H19N7/c1-10(13-16-18-19-17-13)15-11-5-8-20(9-6-11)12-4-2-3-7-14-12/h2-4,7,10-11,15H,5-6,8-9H2,1H3,(H,16,17,18,19). The molecule has 1 saturated heterocycles. The third-order valence-corrected chi connectivity index (χ3v) is 3.70. The second kappa shape index (κ2) is 5.96. The molecule has 1 unspecified atom stereocenters. The Kier molecular flexibility index (Phi) is 3.87. The van der Waals surface area contributed by atoms with E-state index < -0.39 is 0 Å². The summed E-state index contributed by atoms with van der Waals surface area (Å²) < 4.78 is 0. The van der Waals surface area contributed by atoms with Crippen molar-refractivity contribution in [3.8, 4) is 0 Å². The second-order valence-electron chi connectivity index (χ2n) is 5.11. The first-order valence-corrected chi connectivity index (χ1v) is 6.98. The van der Waals surface area contributed by atoms with Crippen molar-refractivity contribution in [2.24, 2.45) is 0 Å². The number of hydrogen-bond donors (Lipinski definition) is 2. The molecule has 0 aromatic carbocycles. The van der Waals surface area contributed by atoms with E-state index >= 15 is 0 Å². The van der Waals surface area contributed by atoms with Gasteiger partial charge in [0.2, 0.25) is 0 Å². The van der Waals surface area contributed by atoms with E-state index in [-0.39, 0.29) is 6.04 Å². The van der Waals surface area contributed by atoms with Crippen LogP contribution >= 0.6 is 0 Å². The first-order valence-electron chi connectivity index (χ1n) is 6.98. The highest BCUT2D eigenvalue weighted by Crippen LogP contribution is 2.19. The summed E-state index contributed by atoms with van der Waals surface area (Å²) in [6.45, 7) is 4.11. The summed E-state index contributed by atoms with van der Waals surface area (Å²) in [5.74, 6) is 1.79. The number of aromatic nitrogens is 5. The number of anilines is 1. The van der Waals surface area contributed by atoms with Crippen LogP contribution in [0.15, 0.2) is 24.4 Å². The third-order valence-electron chi connectivity index (χ3n) is 3.70. The van der Waals surface area contributed by atoms with E-state index in [1.54, 1.807) is 0 Å². The van der Waals surface area contributed by atoms with Gasteiger partial charge in [0.1, 0.15) is 5.82 Å². The van der Waals surface area contributed by atoms with Crippen LogP contribution in [0.1, 0.15) is 31.6 Å². The summed E-state index contributed by atoms with van der Waals surface area (Å²) in [4.78, 5) is 6.73. The molecule has 0 radical (unpaired) electrons. The zero-order valence-corrected chi connectivity index (χ0v) is 11.5. The maximum absolute atomic E-state index is 4.40. The molecule has 1 atom stereocenters. The average Bonchev–Trinajstić information content (AvgIpc) is 3.03. The third kappa shape index (κ3) is 2.93. The predicted octanol–water partition coefficient (Wildman–Crippen LogP) is 0.914. The monoisotopic (exact) mass is 273 g/mol. The molecule has 7 nitrogen and oxygen atoms in total. The molecule has 2 aromatic heterocycles. The van der Waals surface area contributed by atoms with Crippen LogP contribution in [0.25, 0.3) is 0 Å². The van der Waals surface area contributed by atoms with Gasteiger partial charge in [0.05, 0.1) is 6.04 Å². The zero-order chi connectivity index (χ0) is 13.8. The van der Waals surface area contributed by atoms with Crippen molar-refractivity contribution in [1.82, 2.24) is 30.9 Å². The quantitative estimate of drug-likeness (QED) is 0.861. The van der Waals surface area contributed by atoms with Gasteiger partial charge in [0, 0.05) is 25.3 Å². The van der Waals surface area contributed by atoms with Gasteiger partial charge in [-0.25, -0.2) is 4.98 Å². The average molecular weight is 273 g/mol. The molecule has 3 heterocycles. The lowest BCUT2D eigenvalue weighted by molar-refractivity contribution is 0.373. The number of rotatable bonds is 4. The van der Waals surface area contributed by atoms with Crippen LogP contribution in [-0.4, -0.2) is 44.7 Å². The minimum absolute atomic E-state index is 0.125. The van der Waals surface area contributed by atoms with Crippen molar-refractivity contribution < 1.29 is 0 Å². The van der Waals surface area contributed by atoms with E-state index in [9.17, 15) is 0 Å². The SMILES string of the molecule is CC(NC1CCN(c2ccccn2)CC1)c1nn[nH]n1. The van der Waals surface area contributed by atoms with Gasteiger partial charge in [-0.2, -0.15) is 5.21 Å². The van der Waals surface area contributed by atoms with Gasteiger partial charge in [-0.15, -0.1) is 10.2 Å². The van der Waals surface area contributed by atoms with Crippen LogP contribution in [0.2, 0.25) is 0 Å². The maximum atomic E-state index is 4.40. The van der Waals surface area contributed by atoms with Crippen LogP contribution in [0.4, 0.5) is 5.82 Å². The molecule has 1 fully saturated rings. The van der Waals surface area contributed by atoms with Gasteiger partial charge < -0.3 is 10.2 Å². The highest BCUT2D eigenvalue weighted by Gasteiger charge is 2.22. The fraction of sp³-hybridized carbons (Fsp3) is 0.538. The number of pyridine rings is 1. The van der Waals surface area contributed by atoms with E-state index in [4.69, 9.17) is 0 Å². The molecule has 0 spiro atoms. The van der Waals surface area contributed by atoms with Crippen molar-refractivity contribution in [1.29, 1.82) is 0 Å². The Morgan fingerprint density at radius 1 is 1.35 bits per heavy atom. The topological polar surface area (TPSA) is 82.6 Å². The van der Waals surface area contributed by atoms with Crippen molar-refractivity contribution in [2.75, 3.05) is 18.0 Å². The summed E-state index contributed by atoms with van der Waals surface area (Å²) >= 11 is 0. The van der Waals surface area contributed by atoms with Crippen LogP contribution in [0.5, 0.6) is 0 Å². The van der Waals surface area contributed by atoms with Crippen LogP contribution < -0.4 is 10.2 Å². The Bertz CT molecular complexity index is 505. The number of aromatic amines is 1. The summed E-state index contributed by atoms with van der Waals surface area (Å²) in [7, 11) is 0. The smallest absolute Gasteiger partial charge is 0.191 e. The summed E-state index contributed by atoms with van der Waals surface area (Å²) in [6.07, 6.45) is 4.04. The minimum Gasteiger partial charge on any atom is -0.357 e. The number of nitrogens with one attached hydrogen (secondary N) is 2. The van der Waals surface area contributed by atoms with Crippen LogP contribution in [0.3, 0.4) is 0 Å². The number of hydrogen-bond acceptors (Lipinski definition) is 6. The maximum Gasteiger partial charge on any atom is 0.191 e. The van der Waals surface area contributed by atoms with Crippen molar-refractivity contribution in [3.05, 3.63) is 30.2 Å². The van der Waals surface area contributed by atoms with Gasteiger partial charge in [-0.1, -0.05) is 11.3 Å². The molecule has 0 amide bonds. The molecule has 106 valence electrons. The molecule has 0 saturated carbocycles. The van der Waals surface area contributed by atoms with Crippen molar-refractivity contribution in [2.45, 2.75) is 31.8 Å². The van der Waals surface area contributed by atoms with Crippen molar-refractivity contribution >= 4 is 5.82 Å². The molecule has 0 aliphatic carbocycles. The second-order valence-corrected chi connectivity index (χ2v) is 5.11. The normalized spacial score (nSPS) is 18.1. The fourth-order valence-electron chi connectivity index (χ4n) is 2.60. The van der Waals surface area contributed by atoms with E-state index in [2.05, 4.69) is 48.8 Å². The first-order chi connectivity index (χ1) is 9.83. The summed E-state index contributed by atoms with van der Waals surface area (Å²) in [5.41, 5.74) is 0. The van der Waals surface area contributed by atoms with E-state index in [1.165, 1.54) is 0 Å². The number of H-pyrrole nitrogens is 1. The Balaban J connectivity index is 1.51. The van der Waals surface area contributed by atoms with Gasteiger partial charge in [0.15, 0.2) is 5.82 Å². The molecule has 7 heteroatoms. The molecule has 2 N–H and O–H groups in total. The molecule has 2 aromatic rings. The van der Waals surface area contributed by atoms with E-state index in [0.29, 0.717) is 6.04 Å². The zero-order valence-electron chi connectivity index (χ0n) is 11.5. The fourth-order valence-corrected chi connectivity index (χ4v) is 2.60. The number of tetrazole rings is 1. The van der Waals surface area contributed by atoms with Crippen molar-refractivity contribution in [3.63, 3.8) is 0 Å². The molecule has 1 aliphatic rings. The highest BCUT2D eigenvalue weighted by atomic mass is 15.5. The van der Waals surface area contributed by atoms with Gasteiger partial charge in [0.25, 0.3) is 0 Å². The molecule has 20 heavy (non-hydrogen) atoms. The Hall–Kier alpha value is -2.02.